The van der Waals surface area contributed by atoms with Gasteiger partial charge in [0.25, 0.3) is 0 Å². The molecule has 5 nitrogen and oxygen atoms in total. The lowest BCUT2D eigenvalue weighted by Gasteiger charge is -2.13. The molecule has 0 bridgehead atoms. The average Bonchev–Trinajstić information content (AvgIpc) is 3.03. The number of amides is 1. The minimum Gasteiger partial charge on any atom is -0.444 e. The standard InChI is InChI=1S/C21H27N3O2/c1-6-7-8-19(22-5)15(3)11-20(25)24-17-10-9-14(2)18(12-17)21-23-16(4)13-26-21/h7-10,12-13,15H,6,11H2,1-5H3,(H,24,25)/b8-7-,22-19?. The van der Waals surface area contributed by atoms with Crippen LogP contribution >= 0.6 is 0 Å². The van der Waals surface area contributed by atoms with E-state index in [1.165, 1.54) is 0 Å². The number of aryl methyl sites for hydroxylation is 2. The third kappa shape index (κ3) is 5.15. The zero-order chi connectivity index (χ0) is 19.1. The minimum atomic E-state index is -0.0399. The maximum absolute atomic E-state index is 12.4. The predicted molar refractivity (Wildman–Crippen MR) is 107 cm³/mol. The number of nitrogens with zero attached hydrogens (tertiary/aromatic N) is 2. The molecule has 0 spiro atoms. The van der Waals surface area contributed by atoms with Crippen LogP contribution in [0.15, 0.2) is 46.0 Å². The summed E-state index contributed by atoms with van der Waals surface area (Å²) in [6.07, 6.45) is 7.00. The lowest BCUT2D eigenvalue weighted by Crippen LogP contribution is -2.19. The minimum absolute atomic E-state index is 0.0399. The number of aliphatic imine (C=N–C) groups is 1. The smallest absolute Gasteiger partial charge is 0.226 e. The van der Waals surface area contributed by atoms with Crippen molar-refractivity contribution in [2.45, 2.75) is 40.5 Å². The largest absolute Gasteiger partial charge is 0.444 e. The Morgan fingerprint density at radius 1 is 1.38 bits per heavy atom. The molecule has 26 heavy (non-hydrogen) atoms. The van der Waals surface area contributed by atoms with Crippen molar-refractivity contribution in [1.82, 2.24) is 4.98 Å². The summed E-state index contributed by atoms with van der Waals surface area (Å²) in [5.74, 6) is 0.582. The number of nitrogens with one attached hydrogen (secondary N) is 1. The first-order valence-corrected chi connectivity index (χ1v) is 8.90. The van der Waals surface area contributed by atoms with Crippen LogP contribution in [0.1, 0.15) is 37.9 Å². The van der Waals surface area contributed by atoms with Crippen molar-refractivity contribution in [2.75, 3.05) is 12.4 Å². The molecule has 2 rings (SSSR count). The van der Waals surface area contributed by atoms with Crippen molar-refractivity contribution in [3.63, 3.8) is 0 Å². The lowest BCUT2D eigenvalue weighted by atomic mass is 10.00. The normalized spacial score (nSPS) is 13.2. The first-order chi connectivity index (χ1) is 12.4. The number of oxazole rings is 1. The van der Waals surface area contributed by atoms with Crippen molar-refractivity contribution >= 4 is 17.3 Å². The van der Waals surface area contributed by atoms with Gasteiger partial charge in [0.2, 0.25) is 11.8 Å². The topological polar surface area (TPSA) is 67.5 Å². The summed E-state index contributed by atoms with van der Waals surface area (Å²) in [4.78, 5) is 21.1. The van der Waals surface area contributed by atoms with Crippen LogP contribution in [0.25, 0.3) is 11.5 Å². The molecule has 1 amide bonds. The molecular weight excluding hydrogens is 326 g/mol. The quantitative estimate of drug-likeness (QED) is 0.715. The Hall–Kier alpha value is -2.69. The van der Waals surface area contributed by atoms with Crippen molar-refractivity contribution < 1.29 is 9.21 Å². The summed E-state index contributed by atoms with van der Waals surface area (Å²) in [7, 11) is 1.76. The Morgan fingerprint density at radius 3 is 2.77 bits per heavy atom. The van der Waals surface area contributed by atoms with Crippen LogP contribution in [0.3, 0.4) is 0 Å². The summed E-state index contributed by atoms with van der Waals surface area (Å²) in [5, 5.41) is 2.96. The van der Waals surface area contributed by atoms with E-state index in [-0.39, 0.29) is 11.8 Å². The van der Waals surface area contributed by atoms with E-state index in [2.05, 4.69) is 28.3 Å². The number of aromatic nitrogens is 1. The number of benzene rings is 1. The SMILES string of the molecule is CC/C=C\C(=NC)C(C)CC(=O)Nc1ccc(C)c(-c2nc(C)co2)c1. The van der Waals surface area contributed by atoms with Gasteiger partial charge in [-0.05, 0) is 44.0 Å². The van der Waals surface area contributed by atoms with Crippen molar-refractivity contribution in [1.29, 1.82) is 0 Å². The highest BCUT2D eigenvalue weighted by Crippen LogP contribution is 2.26. The molecule has 1 unspecified atom stereocenters. The third-order valence-electron chi connectivity index (χ3n) is 4.15. The van der Waals surface area contributed by atoms with Crippen LogP contribution in [0.5, 0.6) is 0 Å². The summed E-state index contributed by atoms with van der Waals surface area (Å²) in [6, 6.07) is 5.74. The molecule has 1 aromatic carbocycles. The molecule has 1 atom stereocenters. The maximum Gasteiger partial charge on any atom is 0.226 e. The Morgan fingerprint density at radius 2 is 2.15 bits per heavy atom. The molecule has 0 fully saturated rings. The van der Waals surface area contributed by atoms with Crippen molar-refractivity contribution in [3.05, 3.63) is 47.9 Å². The molecule has 0 saturated heterocycles. The fraction of sp³-hybridized carbons (Fsp3) is 0.381. The number of carbonyl (C=O) groups excluding carboxylic acids is 1. The molecule has 138 valence electrons. The van der Waals surface area contributed by atoms with E-state index in [9.17, 15) is 4.79 Å². The highest BCUT2D eigenvalue weighted by atomic mass is 16.3. The van der Waals surface area contributed by atoms with Crippen LogP contribution in [0.4, 0.5) is 5.69 Å². The molecule has 2 aromatic rings. The van der Waals surface area contributed by atoms with Crippen LogP contribution in [0, 0.1) is 19.8 Å². The Labute approximate surface area is 155 Å². The molecule has 5 heteroatoms. The fourth-order valence-electron chi connectivity index (χ4n) is 2.70. The second-order valence-electron chi connectivity index (χ2n) is 6.44. The fourth-order valence-corrected chi connectivity index (χ4v) is 2.70. The van der Waals surface area contributed by atoms with Gasteiger partial charge in [0.15, 0.2) is 0 Å². The van der Waals surface area contributed by atoms with Gasteiger partial charge in [-0.1, -0.05) is 26.0 Å². The molecule has 0 aliphatic carbocycles. The zero-order valence-electron chi connectivity index (χ0n) is 16.2. The van der Waals surface area contributed by atoms with E-state index in [0.29, 0.717) is 12.3 Å². The number of hydrogen-bond donors (Lipinski definition) is 1. The van der Waals surface area contributed by atoms with Crippen LogP contribution in [-0.4, -0.2) is 23.7 Å². The van der Waals surface area contributed by atoms with E-state index in [1.807, 2.05) is 45.0 Å². The molecule has 0 radical (unpaired) electrons. The van der Waals surface area contributed by atoms with Gasteiger partial charge < -0.3 is 9.73 Å². The number of allylic oxidation sites excluding steroid dienone is 2. The van der Waals surface area contributed by atoms with Gasteiger partial charge in [0, 0.05) is 36.3 Å². The van der Waals surface area contributed by atoms with Gasteiger partial charge in [-0.15, -0.1) is 0 Å². The Kier molecular flexibility index (Phi) is 6.89. The third-order valence-corrected chi connectivity index (χ3v) is 4.15. The highest BCUT2D eigenvalue weighted by molar-refractivity contribution is 6.01. The van der Waals surface area contributed by atoms with E-state index in [1.54, 1.807) is 13.3 Å². The molecular formula is C21H27N3O2. The van der Waals surface area contributed by atoms with Gasteiger partial charge in [-0.2, -0.15) is 0 Å². The summed E-state index contributed by atoms with van der Waals surface area (Å²) < 4.78 is 5.49. The lowest BCUT2D eigenvalue weighted by molar-refractivity contribution is -0.116. The van der Waals surface area contributed by atoms with Crippen molar-refractivity contribution in [2.24, 2.45) is 10.9 Å². The summed E-state index contributed by atoms with van der Waals surface area (Å²) >= 11 is 0. The number of hydrogen-bond acceptors (Lipinski definition) is 4. The summed E-state index contributed by atoms with van der Waals surface area (Å²) in [6.45, 7) is 7.96. The van der Waals surface area contributed by atoms with E-state index in [4.69, 9.17) is 4.42 Å². The average molecular weight is 353 g/mol. The molecule has 1 N–H and O–H groups in total. The zero-order valence-corrected chi connectivity index (χ0v) is 16.2. The maximum atomic E-state index is 12.4. The molecule has 1 heterocycles. The van der Waals surface area contributed by atoms with Gasteiger partial charge in [-0.25, -0.2) is 4.98 Å². The monoisotopic (exact) mass is 353 g/mol. The highest BCUT2D eigenvalue weighted by Gasteiger charge is 2.14. The Bertz CT molecular complexity index is 818. The molecule has 1 aromatic heterocycles. The van der Waals surface area contributed by atoms with Gasteiger partial charge in [0.05, 0.1) is 5.69 Å². The second-order valence-corrected chi connectivity index (χ2v) is 6.44. The van der Waals surface area contributed by atoms with Gasteiger partial charge in [0.1, 0.15) is 6.26 Å². The molecule has 0 aliphatic heterocycles. The number of rotatable bonds is 7. The van der Waals surface area contributed by atoms with Gasteiger partial charge in [-0.3, -0.25) is 9.79 Å². The van der Waals surface area contributed by atoms with Crippen LogP contribution in [0.2, 0.25) is 0 Å². The van der Waals surface area contributed by atoms with E-state index in [0.717, 1.165) is 34.6 Å². The second kappa shape index (κ2) is 9.13. The first kappa shape index (κ1) is 19.6. The van der Waals surface area contributed by atoms with Crippen LogP contribution < -0.4 is 5.32 Å². The Balaban J connectivity index is 2.08. The predicted octanol–water partition coefficient (Wildman–Crippen LogP) is 4.96. The molecule has 0 saturated carbocycles. The molecule has 0 aliphatic rings. The van der Waals surface area contributed by atoms with Crippen molar-refractivity contribution in [3.8, 4) is 11.5 Å². The number of carbonyl (C=O) groups is 1. The number of anilines is 1. The van der Waals surface area contributed by atoms with Gasteiger partial charge >= 0.3 is 0 Å². The van der Waals surface area contributed by atoms with E-state index < -0.39 is 0 Å². The van der Waals surface area contributed by atoms with Crippen LogP contribution in [-0.2, 0) is 4.79 Å². The first-order valence-electron chi connectivity index (χ1n) is 8.90. The van der Waals surface area contributed by atoms with E-state index >= 15 is 0 Å². The summed E-state index contributed by atoms with van der Waals surface area (Å²) in [5.41, 5.74) is 4.42.